The van der Waals surface area contributed by atoms with Crippen LogP contribution in [0.15, 0.2) is 23.3 Å². The normalized spacial score (nSPS) is 12.7. The Kier molecular flexibility index (Phi) is 7.93. The second-order valence-corrected chi connectivity index (χ2v) is 3.43. The molecule has 1 nitrogen and oxygen atoms in total. The van der Waals surface area contributed by atoms with Gasteiger partial charge in [0, 0.05) is 5.57 Å². The molecular weight excluding hydrogens is 170 g/mol. The maximum absolute atomic E-state index is 9.01. The first-order valence-electron chi connectivity index (χ1n) is 5.58. The molecule has 0 saturated heterocycles. The number of nitrogens with zero attached hydrogens (tertiary/aromatic N) is 1. The van der Waals surface area contributed by atoms with Gasteiger partial charge >= 0.3 is 0 Å². The summed E-state index contributed by atoms with van der Waals surface area (Å²) in [6, 6.07) is 2.33. The first kappa shape index (κ1) is 13.0. The van der Waals surface area contributed by atoms with Crippen molar-refractivity contribution in [1.82, 2.24) is 0 Å². The standard InChI is InChI=1S/C13H21N/c1-4-7-10-12(8-5-2)13(11-14)9-6-3/h7,10H,4-6,8-9H2,1-3H3/b10-7-,13-12-. The molecule has 0 aliphatic carbocycles. The van der Waals surface area contributed by atoms with Crippen molar-refractivity contribution in [1.29, 1.82) is 5.26 Å². The smallest absolute Gasteiger partial charge is 0.0949 e. The minimum Gasteiger partial charge on any atom is -0.193 e. The largest absolute Gasteiger partial charge is 0.193 e. The lowest BCUT2D eigenvalue weighted by Crippen LogP contribution is -1.88. The molecule has 0 fully saturated rings. The summed E-state index contributed by atoms with van der Waals surface area (Å²) in [7, 11) is 0. The lowest BCUT2D eigenvalue weighted by atomic mass is 10.0. The van der Waals surface area contributed by atoms with Gasteiger partial charge in [0.2, 0.25) is 0 Å². The summed E-state index contributed by atoms with van der Waals surface area (Å²) in [5, 5.41) is 9.01. The fraction of sp³-hybridized carbons (Fsp3) is 0.615. The fourth-order valence-electron chi connectivity index (χ4n) is 1.40. The molecule has 0 aromatic rings. The summed E-state index contributed by atoms with van der Waals surface area (Å²) >= 11 is 0. The molecule has 0 heterocycles. The lowest BCUT2D eigenvalue weighted by molar-refractivity contribution is 0.871. The molecule has 0 atom stereocenters. The van der Waals surface area contributed by atoms with Crippen LogP contribution in [0.25, 0.3) is 0 Å². The Balaban J connectivity index is 4.71. The molecule has 0 radical (unpaired) electrons. The van der Waals surface area contributed by atoms with Gasteiger partial charge in [-0.3, -0.25) is 0 Å². The molecule has 0 aliphatic rings. The highest BCUT2D eigenvalue weighted by Gasteiger charge is 2.01. The summed E-state index contributed by atoms with van der Waals surface area (Å²) in [6.45, 7) is 6.39. The van der Waals surface area contributed by atoms with Gasteiger partial charge in [0.25, 0.3) is 0 Å². The number of hydrogen-bond acceptors (Lipinski definition) is 1. The summed E-state index contributed by atoms with van der Waals surface area (Å²) in [5.74, 6) is 0. The highest BCUT2D eigenvalue weighted by atomic mass is 14.2. The molecule has 78 valence electrons. The predicted octanol–water partition coefficient (Wildman–Crippen LogP) is 4.37. The Morgan fingerprint density at radius 3 is 2.21 bits per heavy atom. The molecule has 0 spiro atoms. The molecule has 0 saturated carbocycles. The van der Waals surface area contributed by atoms with Crippen LogP contribution in [-0.2, 0) is 0 Å². The van der Waals surface area contributed by atoms with Crippen molar-refractivity contribution in [3.05, 3.63) is 23.3 Å². The van der Waals surface area contributed by atoms with E-state index < -0.39 is 0 Å². The van der Waals surface area contributed by atoms with Crippen LogP contribution >= 0.6 is 0 Å². The number of nitriles is 1. The molecule has 0 bridgehead atoms. The molecule has 0 rings (SSSR count). The highest BCUT2D eigenvalue weighted by Crippen LogP contribution is 2.17. The van der Waals surface area contributed by atoms with E-state index >= 15 is 0 Å². The van der Waals surface area contributed by atoms with Crippen molar-refractivity contribution in [2.45, 2.75) is 52.9 Å². The van der Waals surface area contributed by atoms with Crippen molar-refractivity contribution in [2.24, 2.45) is 0 Å². The van der Waals surface area contributed by atoms with Crippen LogP contribution in [0.2, 0.25) is 0 Å². The Morgan fingerprint density at radius 2 is 1.79 bits per heavy atom. The molecule has 0 unspecified atom stereocenters. The minimum atomic E-state index is 0.917. The average Bonchev–Trinajstić information content (AvgIpc) is 2.21. The van der Waals surface area contributed by atoms with E-state index in [9.17, 15) is 0 Å². The molecule has 0 aliphatic heterocycles. The van der Waals surface area contributed by atoms with Gasteiger partial charge in [-0.05, 0) is 24.8 Å². The van der Waals surface area contributed by atoms with Gasteiger partial charge in [0.05, 0.1) is 6.07 Å². The van der Waals surface area contributed by atoms with Crippen LogP contribution in [-0.4, -0.2) is 0 Å². The van der Waals surface area contributed by atoms with E-state index in [4.69, 9.17) is 5.26 Å². The molecular formula is C13H21N. The van der Waals surface area contributed by atoms with E-state index in [1.54, 1.807) is 0 Å². The number of hydrogen-bond donors (Lipinski definition) is 0. The zero-order valence-electron chi connectivity index (χ0n) is 9.64. The highest BCUT2D eigenvalue weighted by molar-refractivity contribution is 5.34. The van der Waals surface area contributed by atoms with E-state index in [0.717, 1.165) is 37.7 Å². The van der Waals surface area contributed by atoms with Gasteiger partial charge in [0.15, 0.2) is 0 Å². The topological polar surface area (TPSA) is 23.8 Å². The summed E-state index contributed by atoms with van der Waals surface area (Å²) in [5.41, 5.74) is 2.21. The third-order valence-corrected chi connectivity index (χ3v) is 2.10. The lowest BCUT2D eigenvalue weighted by Gasteiger charge is -2.03. The fourth-order valence-corrected chi connectivity index (χ4v) is 1.40. The number of rotatable bonds is 6. The Labute approximate surface area is 88.1 Å². The molecule has 0 aromatic heterocycles. The first-order valence-corrected chi connectivity index (χ1v) is 5.58. The van der Waals surface area contributed by atoms with Crippen LogP contribution in [0.4, 0.5) is 0 Å². The first-order chi connectivity index (χ1) is 6.79. The van der Waals surface area contributed by atoms with Gasteiger partial charge in [0.1, 0.15) is 0 Å². The summed E-state index contributed by atoms with van der Waals surface area (Å²) < 4.78 is 0. The van der Waals surface area contributed by atoms with Crippen molar-refractivity contribution in [2.75, 3.05) is 0 Å². The zero-order chi connectivity index (χ0) is 10.8. The van der Waals surface area contributed by atoms with E-state index in [1.807, 2.05) is 0 Å². The molecule has 0 amide bonds. The second kappa shape index (κ2) is 8.56. The Bertz CT molecular complexity index is 240. The van der Waals surface area contributed by atoms with Crippen molar-refractivity contribution in [3.63, 3.8) is 0 Å². The van der Waals surface area contributed by atoms with E-state index in [2.05, 4.69) is 39.0 Å². The van der Waals surface area contributed by atoms with E-state index in [0.29, 0.717) is 0 Å². The maximum Gasteiger partial charge on any atom is 0.0949 e. The van der Waals surface area contributed by atoms with Crippen molar-refractivity contribution < 1.29 is 0 Å². The van der Waals surface area contributed by atoms with Crippen LogP contribution in [0, 0.1) is 11.3 Å². The van der Waals surface area contributed by atoms with Gasteiger partial charge in [-0.15, -0.1) is 0 Å². The van der Waals surface area contributed by atoms with Crippen LogP contribution in [0.3, 0.4) is 0 Å². The second-order valence-electron chi connectivity index (χ2n) is 3.43. The summed E-state index contributed by atoms with van der Waals surface area (Å²) in [6.07, 6.45) is 9.40. The molecule has 14 heavy (non-hydrogen) atoms. The molecule has 0 aromatic carbocycles. The van der Waals surface area contributed by atoms with Gasteiger partial charge < -0.3 is 0 Å². The maximum atomic E-state index is 9.01. The van der Waals surface area contributed by atoms with E-state index in [1.165, 1.54) is 5.57 Å². The van der Waals surface area contributed by atoms with Gasteiger partial charge in [-0.2, -0.15) is 5.26 Å². The summed E-state index contributed by atoms with van der Waals surface area (Å²) in [4.78, 5) is 0. The zero-order valence-corrected chi connectivity index (χ0v) is 9.64. The quantitative estimate of drug-likeness (QED) is 0.451. The van der Waals surface area contributed by atoms with Crippen LogP contribution in [0.5, 0.6) is 0 Å². The predicted molar refractivity (Wildman–Crippen MR) is 61.9 cm³/mol. The average molecular weight is 191 g/mol. The van der Waals surface area contributed by atoms with Crippen LogP contribution in [0.1, 0.15) is 52.9 Å². The molecule has 0 N–H and O–H groups in total. The third kappa shape index (κ3) is 4.87. The van der Waals surface area contributed by atoms with E-state index in [-0.39, 0.29) is 0 Å². The van der Waals surface area contributed by atoms with Crippen molar-refractivity contribution in [3.8, 4) is 6.07 Å². The van der Waals surface area contributed by atoms with Gasteiger partial charge in [-0.1, -0.05) is 45.8 Å². The van der Waals surface area contributed by atoms with Crippen LogP contribution < -0.4 is 0 Å². The minimum absolute atomic E-state index is 0.917. The van der Waals surface area contributed by atoms with Crippen molar-refractivity contribution >= 4 is 0 Å². The molecule has 1 heteroatoms. The monoisotopic (exact) mass is 191 g/mol. The Morgan fingerprint density at radius 1 is 1.14 bits per heavy atom. The SMILES string of the molecule is CC/C=C\C(CCC)=C(/C#N)CCC. The van der Waals surface area contributed by atoms with Gasteiger partial charge in [-0.25, -0.2) is 0 Å². The Hall–Kier alpha value is -1.03. The number of allylic oxidation sites excluding steroid dienone is 4. The third-order valence-electron chi connectivity index (χ3n) is 2.10.